The van der Waals surface area contributed by atoms with Crippen LogP contribution in [-0.2, 0) is 0 Å². The number of nitrogens with zero attached hydrogens (tertiary/aromatic N) is 1. The van der Waals surface area contributed by atoms with Gasteiger partial charge >= 0.3 is 0 Å². The molecule has 0 aromatic heterocycles. The van der Waals surface area contributed by atoms with Crippen molar-refractivity contribution in [2.24, 2.45) is 0 Å². The summed E-state index contributed by atoms with van der Waals surface area (Å²) in [4.78, 5) is 13.4. The molecule has 94 valence electrons. The van der Waals surface area contributed by atoms with E-state index >= 15 is 0 Å². The third kappa shape index (κ3) is 3.71. The fourth-order valence-corrected chi connectivity index (χ4v) is 1.38. The third-order valence-electron chi connectivity index (χ3n) is 2.47. The highest BCUT2D eigenvalue weighted by atomic mass is 19.1. The highest BCUT2D eigenvalue weighted by Crippen LogP contribution is 2.13. The molecule has 1 unspecified atom stereocenters. The van der Waals surface area contributed by atoms with Crippen LogP contribution in [0.4, 0.5) is 10.1 Å². The van der Waals surface area contributed by atoms with E-state index in [0.29, 0.717) is 18.5 Å². The molecule has 1 aromatic carbocycles. The zero-order chi connectivity index (χ0) is 13.0. The molecular formula is C12H17FN2O2. The molecule has 0 spiro atoms. The first-order valence-corrected chi connectivity index (χ1v) is 5.40. The van der Waals surface area contributed by atoms with Crippen LogP contribution >= 0.6 is 0 Å². The number of hydrogen-bond donors (Lipinski definition) is 2. The Morgan fingerprint density at radius 3 is 2.76 bits per heavy atom. The highest BCUT2D eigenvalue weighted by molar-refractivity contribution is 5.94. The van der Waals surface area contributed by atoms with Crippen LogP contribution in [-0.4, -0.2) is 35.6 Å². The van der Waals surface area contributed by atoms with E-state index in [-0.39, 0.29) is 11.6 Å². The summed E-state index contributed by atoms with van der Waals surface area (Å²) in [5, 5.41) is 9.13. The lowest BCUT2D eigenvalue weighted by Crippen LogP contribution is -2.29. The van der Waals surface area contributed by atoms with Gasteiger partial charge in [-0.05, 0) is 31.5 Å². The quantitative estimate of drug-likeness (QED) is 0.778. The Hall–Kier alpha value is -1.62. The van der Waals surface area contributed by atoms with Crippen molar-refractivity contribution in [2.75, 3.05) is 19.3 Å². The van der Waals surface area contributed by atoms with E-state index in [2.05, 4.69) is 0 Å². The van der Waals surface area contributed by atoms with Gasteiger partial charge in [0, 0.05) is 19.2 Å². The van der Waals surface area contributed by atoms with Gasteiger partial charge in [0.15, 0.2) is 0 Å². The summed E-state index contributed by atoms with van der Waals surface area (Å²) in [5.74, 6) is -0.773. The predicted octanol–water partition coefficient (Wildman–Crippen LogP) is 1.25. The van der Waals surface area contributed by atoms with Gasteiger partial charge in [0.05, 0.1) is 11.8 Å². The van der Waals surface area contributed by atoms with E-state index in [1.54, 1.807) is 14.0 Å². The molecule has 0 aliphatic heterocycles. The van der Waals surface area contributed by atoms with Crippen LogP contribution in [0.5, 0.6) is 0 Å². The Balaban J connectivity index is 2.71. The van der Waals surface area contributed by atoms with Gasteiger partial charge in [-0.15, -0.1) is 0 Å². The molecule has 0 saturated carbocycles. The number of nitrogen functional groups attached to an aromatic ring is 1. The monoisotopic (exact) mass is 240 g/mol. The summed E-state index contributed by atoms with van der Waals surface area (Å²) in [6, 6.07) is 3.88. The molecule has 1 aromatic rings. The maximum atomic E-state index is 12.9. The molecule has 0 fully saturated rings. The van der Waals surface area contributed by atoms with Crippen LogP contribution < -0.4 is 5.73 Å². The molecule has 0 bridgehead atoms. The number of halogens is 1. The number of carbonyl (C=O) groups is 1. The van der Waals surface area contributed by atoms with E-state index < -0.39 is 11.9 Å². The maximum Gasteiger partial charge on any atom is 0.253 e. The summed E-state index contributed by atoms with van der Waals surface area (Å²) in [7, 11) is 1.63. The van der Waals surface area contributed by atoms with Crippen LogP contribution in [0, 0.1) is 5.82 Å². The van der Waals surface area contributed by atoms with Gasteiger partial charge in [0.1, 0.15) is 5.82 Å². The fraction of sp³-hybridized carbons (Fsp3) is 0.417. The molecule has 5 heteroatoms. The molecule has 0 saturated heterocycles. The maximum absolute atomic E-state index is 12.9. The van der Waals surface area contributed by atoms with Crippen molar-refractivity contribution >= 4 is 11.6 Å². The Kier molecular flexibility index (Phi) is 4.45. The predicted molar refractivity (Wildman–Crippen MR) is 64.1 cm³/mol. The van der Waals surface area contributed by atoms with E-state index in [9.17, 15) is 9.18 Å². The van der Waals surface area contributed by atoms with Crippen molar-refractivity contribution in [1.82, 2.24) is 4.90 Å². The molecule has 1 rings (SSSR count). The van der Waals surface area contributed by atoms with E-state index in [4.69, 9.17) is 10.8 Å². The fourth-order valence-electron chi connectivity index (χ4n) is 1.38. The Labute approximate surface area is 99.8 Å². The van der Waals surface area contributed by atoms with Crippen molar-refractivity contribution in [1.29, 1.82) is 0 Å². The minimum absolute atomic E-state index is 0.0419. The molecule has 3 N–H and O–H groups in total. The molecular weight excluding hydrogens is 223 g/mol. The molecule has 1 amide bonds. The van der Waals surface area contributed by atoms with Crippen LogP contribution in [0.1, 0.15) is 23.7 Å². The van der Waals surface area contributed by atoms with Gasteiger partial charge in [-0.25, -0.2) is 4.39 Å². The average molecular weight is 240 g/mol. The first-order valence-electron chi connectivity index (χ1n) is 5.40. The van der Waals surface area contributed by atoms with E-state index in [0.717, 1.165) is 0 Å². The van der Waals surface area contributed by atoms with Crippen molar-refractivity contribution < 1.29 is 14.3 Å². The first kappa shape index (κ1) is 13.4. The second kappa shape index (κ2) is 5.63. The van der Waals surface area contributed by atoms with Crippen molar-refractivity contribution in [3.63, 3.8) is 0 Å². The molecule has 0 radical (unpaired) electrons. The SMILES string of the molecule is CC(O)CCN(C)C(=O)c1ccc(F)c(N)c1. The molecule has 0 heterocycles. The summed E-state index contributed by atoms with van der Waals surface area (Å²) in [5.41, 5.74) is 5.70. The number of rotatable bonds is 4. The highest BCUT2D eigenvalue weighted by Gasteiger charge is 2.13. The molecule has 0 aliphatic carbocycles. The standard InChI is InChI=1S/C12H17FN2O2/c1-8(16)5-6-15(2)12(17)9-3-4-10(13)11(14)7-9/h3-4,7-8,16H,5-6,14H2,1-2H3. The second-order valence-electron chi connectivity index (χ2n) is 4.10. The lowest BCUT2D eigenvalue weighted by atomic mass is 10.1. The molecule has 4 nitrogen and oxygen atoms in total. The molecule has 1 atom stereocenters. The van der Waals surface area contributed by atoms with Crippen molar-refractivity contribution in [2.45, 2.75) is 19.4 Å². The smallest absolute Gasteiger partial charge is 0.253 e. The van der Waals surface area contributed by atoms with Gasteiger partial charge in [-0.2, -0.15) is 0 Å². The van der Waals surface area contributed by atoms with Gasteiger partial charge in [-0.3, -0.25) is 4.79 Å². The summed E-state index contributed by atoms with van der Waals surface area (Å²) in [6.07, 6.45) is 0.0439. The van der Waals surface area contributed by atoms with Crippen LogP contribution in [0.25, 0.3) is 0 Å². The summed E-state index contributed by atoms with van der Waals surface area (Å²) < 4.78 is 12.9. The van der Waals surface area contributed by atoms with Crippen molar-refractivity contribution in [3.8, 4) is 0 Å². The summed E-state index contributed by atoms with van der Waals surface area (Å²) >= 11 is 0. The number of aliphatic hydroxyl groups excluding tert-OH is 1. The summed E-state index contributed by atoms with van der Waals surface area (Å²) in [6.45, 7) is 2.10. The lowest BCUT2D eigenvalue weighted by Gasteiger charge is -2.18. The number of hydrogen-bond acceptors (Lipinski definition) is 3. The Morgan fingerprint density at radius 2 is 2.24 bits per heavy atom. The number of benzene rings is 1. The van der Waals surface area contributed by atoms with Crippen LogP contribution in [0.2, 0.25) is 0 Å². The normalized spacial score (nSPS) is 12.2. The Morgan fingerprint density at radius 1 is 1.59 bits per heavy atom. The first-order chi connectivity index (χ1) is 7.91. The van der Waals surface area contributed by atoms with Gasteiger partial charge in [0.25, 0.3) is 5.91 Å². The zero-order valence-corrected chi connectivity index (χ0v) is 9.98. The van der Waals surface area contributed by atoms with Gasteiger partial charge < -0.3 is 15.7 Å². The van der Waals surface area contributed by atoms with Crippen molar-refractivity contribution in [3.05, 3.63) is 29.6 Å². The number of anilines is 1. The zero-order valence-electron chi connectivity index (χ0n) is 9.98. The van der Waals surface area contributed by atoms with E-state index in [1.165, 1.54) is 23.1 Å². The number of aliphatic hydroxyl groups is 1. The largest absolute Gasteiger partial charge is 0.396 e. The van der Waals surface area contributed by atoms with Gasteiger partial charge in [-0.1, -0.05) is 0 Å². The van der Waals surface area contributed by atoms with Gasteiger partial charge in [0.2, 0.25) is 0 Å². The second-order valence-corrected chi connectivity index (χ2v) is 4.10. The van der Waals surface area contributed by atoms with Crippen LogP contribution in [0.3, 0.4) is 0 Å². The minimum atomic E-state index is -0.534. The minimum Gasteiger partial charge on any atom is -0.396 e. The lowest BCUT2D eigenvalue weighted by molar-refractivity contribution is 0.0769. The molecule has 17 heavy (non-hydrogen) atoms. The molecule has 0 aliphatic rings. The number of nitrogens with two attached hydrogens (primary N) is 1. The Bertz CT molecular complexity index is 407. The van der Waals surface area contributed by atoms with Crippen LogP contribution in [0.15, 0.2) is 18.2 Å². The number of amides is 1. The third-order valence-corrected chi connectivity index (χ3v) is 2.47. The van der Waals surface area contributed by atoms with E-state index in [1.807, 2.05) is 0 Å². The number of carbonyl (C=O) groups excluding carboxylic acids is 1. The average Bonchev–Trinajstić information content (AvgIpc) is 2.28. The topological polar surface area (TPSA) is 66.6 Å².